The molecule has 2 aromatic rings. The Labute approximate surface area is 104 Å². The minimum absolute atomic E-state index is 0.286. The van der Waals surface area contributed by atoms with Gasteiger partial charge in [0.2, 0.25) is 0 Å². The Kier molecular flexibility index (Phi) is 3.57. The molecule has 0 saturated heterocycles. The third-order valence-corrected chi connectivity index (χ3v) is 2.53. The van der Waals surface area contributed by atoms with Crippen LogP contribution in [0.5, 0.6) is 0 Å². The number of anilines is 1. The van der Waals surface area contributed by atoms with Crippen LogP contribution in [0.15, 0.2) is 30.6 Å². The van der Waals surface area contributed by atoms with E-state index in [4.69, 9.17) is 5.11 Å². The molecule has 0 bridgehead atoms. The number of nitrogens with zero attached hydrogens (tertiary/aromatic N) is 3. The van der Waals surface area contributed by atoms with E-state index in [1.54, 1.807) is 29.2 Å². The molecular weight excluding hydrogens is 232 g/mol. The number of carboxylic acids is 1. The summed E-state index contributed by atoms with van der Waals surface area (Å²) in [7, 11) is 0. The molecule has 6 heteroatoms. The maximum absolute atomic E-state index is 11.1. The van der Waals surface area contributed by atoms with Crippen LogP contribution in [-0.2, 0) is 6.54 Å². The molecule has 6 nitrogen and oxygen atoms in total. The number of carboxylic acid groups (broad SMARTS) is 1. The van der Waals surface area contributed by atoms with Gasteiger partial charge in [0.05, 0.1) is 18.3 Å². The van der Waals surface area contributed by atoms with Gasteiger partial charge in [0.15, 0.2) is 0 Å². The molecule has 0 saturated carbocycles. The van der Waals surface area contributed by atoms with Crippen molar-refractivity contribution in [3.8, 4) is 0 Å². The van der Waals surface area contributed by atoms with E-state index in [-0.39, 0.29) is 5.56 Å². The topological polar surface area (TPSA) is 80.0 Å². The zero-order valence-corrected chi connectivity index (χ0v) is 10.00. The maximum Gasteiger partial charge on any atom is 0.337 e. The average Bonchev–Trinajstić information content (AvgIpc) is 2.84. The first-order valence-electron chi connectivity index (χ1n) is 5.59. The third kappa shape index (κ3) is 2.85. The van der Waals surface area contributed by atoms with Gasteiger partial charge in [-0.2, -0.15) is 0 Å². The Morgan fingerprint density at radius 1 is 1.50 bits per heavy atom. The first-order valence-corrected chi connectivity index (χ1v) is 5.59. The van der Waals surface area contributed by atoms with Crippen LogP contribution in [0.2, 0.25) is 0 Å². The molecule has 1 aromatic heterocycles. The van der Waals surface area contributed by atoms with Crippen molar-refractivity contribution in [3.63, 3.8) is 0 Å². The number of aryl methyl sites for hydroxylation is 1. The van der Waals surface area contributed by atoms with E-state index in [0.29, 0.717) is 18.8 Å². The second-order valence-electron chi connectivity index (χ2n) is 3.95. The first-order chi connectivity index (χ1) is 8.66. The molecule has 94 valence electrons. The molecule has 0 aliphatic heterocycles. The first kappa shape index (κ1) is 12.1. The smallest absolute Gasteiger partial charge is 0.337 e. The van der Waals surface area contributed by atoms with E-state index in [1.165, 1.54) is 0 Å². The number of aromatic nitrogens is 3. The zero-order valence-electron chi connectivity index (χ0n) is 10.00. The molecule has 0 fully saturated rings. The summed E-state index contributed by atoms with van der Waals surface area (Å²) < 4.78 is 1.68. The molecular formula is C12H14N4O2. The van der Waals surface area contributed by atoms with E-state index in [0.717, 1.165) is 5.56 Å². The molecule has 1 aromatic carbocycles. The summed E-state index contributed by atoms with van der Waals surface area (Å²) in [6.45, 7) is 3.09. The Hall–Kier alpha value is -2.37. The molecule has 0 amide bonds. The fourth-order valence-corrected chi connectivity index (χ4v) is 1.65. The number of rotatable bonds is 5. The average molecular weight is 246 g/mol. The fourth-order valence-electron chi connectivity index (χ4n) is 1.65. The predicted octanol–water partition coefficient (Wildman–Crippen LogP) is 1.40. The monoisotopic (exact) mass is 246 g/mol. The van der Waals surface area contributed by atoms with Crippen molar-refractivity contribution in [2.24, 2.45) is 0 Å². The van der Waals surface area contributed by atoms with Gasteiger partial charge in [-0.3, -0.25) is 4.68 Å². The zero-order chi connectivity index (χ0) is 13.0. The number of benzene rings is 1. The molecule has 0 atom stereocenters. The lowest BCUT2D eigenvalue weighted by molar-refractivity contribution is 0.0698. The van der Waals surface area contributed by atoms with E-state index >= 15 is 0 Å². The van der Waals surface area contributed by atoms with Gasteiger partial charge in [0.1, 0.15) is 0 Å². The van der Waals surface area contributed by atoms with Gasteiger partial charge in [-0.25, -0.2) is 4.79 Å². The van der Waals surface area contributed by atoms with E-state index in [9.17, 15) is 4.79 Å². The third-order valence-electron chi connectivity index (χ3n) is 2.53. The van der Waals surface area contributed by atoms with Crippen LogP contribution in [0, 0.1) is 6.92 Å². The summed E-state index contributed by atoms with van der Waals surface area (Å²) in [5.41, 5.74) is 1.83. The molecule has 0 unspecified atom stereocenters. The van der Waals surface area contributed by atoms with Crippen LogP contribution in [0.3, 0.4) is 0 Å². The predicted molar refractivity (Wildman–Crippen MR) is 66.7 cm³/mol. The molecule has 2 rings (SSSR count). The molecule has 1 heterocycles. The highest BCUT2D eigenvalue weighted by molar-refractivity contribution is 5.94. The van der Waals surface area contributed by atoms with Gasteiger partial charge in [-0.15, -0.1) is 5.10 Å². The van der Waals surface area contributed by atoms with E-state index in [1.807, 2.05) is 13.0 Å². The standard InChI is InChI=1S/C12H14N4O2/c1-9-2-3-11(10(8-9)12(17)18)13-4-6-16-7-5-14-15-16/h2-3,5,7-8,13H,4,6H2,1H3,(H,17,18). The van der Waals surface area contributed by atoms with Crippen LogP contribution < -0.4 is 5.32 Å². The van der Waals surface area contributed by atoms with Crippen molar-refractivity contribution in [1.29, 1.82) is 0 Å². The summed E-state index contributed by atoms with van der Waals surface area (Å²) in [5, 5.41) is 19.7. The van der Waals surface area contributed by atoms with Gasteiger partial charge in [-0.05, 0) is 19.1 Å². The molecule has 18 heavy (non-hydrogen) atoms. The van der Waals surface area contributed by atoms with Crippen LogP contribution >= 0.6 is 0 Å². The van der Waals surface area contributed by atoms with Crippen LogP contribution in [0.25, 0.3) is 0 Å². The number of carbonyl (C=O) groups is 1. The Morgan fingerprint density at radius 3 is 3.00 bits per heavy atom. The lowest BCUT2D eigenvalue weighted by Gasteiger charge is -2.10. The van der Waals surface area contributed by atoms with Gasteiger partial charge in [0, 0.05) is 18.4 Å². The number of aromatic carboxylic acids is 1. The van der Waals surface area contributed by atoms with Crippen molar-refractivity contribution in [3.05, 3.63) is 41.7 Å². The second kappa shape index (κ2) is 5.31. The van der Waals surface area contributed by atoms with E-state index in [2.05, 4.69) is 15.6 Å². The molecule has 2 N–H and O–H groups in total. The van der Waals surface area contributed by atoms with Crippen molar-refractivity contribution in [2.45, 2.75) is 13.5 Å². The van der Waals surface area contributed by atoms with Gasteiger partial charge in [0.25, 0.3) is 0 Å². The second-order valence-corrected chi connectivity index (χ2v) is 3.95. The molecule has 0 spiro atoms. The van der Waals surface area contributed by atoms with Crippen molar-refractivity contribution in [1.82, 2.24) is 15.0 Å². The lowest BCUT2D eigenvalue weighted by Crippen LogP contribution is -2.13. The Morgan fingerprint density at radius 2 is 2.33 bits per heavy atom. The largest absolute Gasteiger partial charge is 0.478 e. The molecule has 0 radical (unpaired) electrons. The summed E-state index contributed by atoms with van der Waals surface area (Å²) in [6.07, 6.45) is 3.36. The van der Waals surface area contributed by atoms with Gasteiger partial charge in [-0.1, -0.05) is 16.8 Å². The van der Waals surface area contributed by atoms with E-state index < -0.39 is 5.97 Å². The highest BCUT2D eigenvalue weighted by atomic mass is 16.4. The van der Waals surface area contributed by atoms with Gasteiger partial charge >= 0.3 is 5.97 Å². The summed E-state index contributed by atoms with van der Waals surface area (Å²) in [6, 6.07) is 5.31. The molecule has 0 aliphatic rings. The Balaban J connectivity index is 2.02. The number of nitrogens with one attached hydrogen (secondary N) is 1. The fraction of sp³-hybridized carbons (Fsp3) is 0.250. The number of hydrogen-bond acceptors (Lipinski definition) is 4. The lowest BCUT2D eigenvalue weighted by atomic mass is 10.1. The van der Waals surface area contributed by atoms with Crippen LogP contribution in [-0.4, -0.2) is 32.6 Å². The van der Waals surface area contributed by atoms with Crippen LogP contribution in [0.4, 0.5) is 5.69 Å². The minimum Gasteiger partial charge on any atom is -0.478 e. The summed E-state index contributed by atoms with van der Waals surface area (Å²) in [5.74, 6) is -0.929. The van der Waals surface area contributed by atoms with Crippen molar-refractivity contribution in [2.75, 3.05) is 11.9 Å². The summed E-state index contributed by atoms with van der Waals surface area (Å²) in [4.78, 5) is 11.1. The van der Waals surface area contributed by atoms with Gasteiger partial charge < -0.3 is 10.4 Å². The number of hydrogen-bond donors (Lipinski definition) is 2. The minimum atomic E-state index is -0.929. The SMILES string of the molecule is Cc1ccc(NCCn2ccnn2)c(C(=O)O)c1. The summed E-state index contributed by atoms with van der Waals surface area (Å²) >= 11 is 0. The highest BCUT2D eigenvalue weighted by Gasteiger charge is 2.09. The maximum atomic E-state index is 11.1. The normalized spacial score (nSPS) is 10.3. The van der Waals surface area contributed by atoms with Crippen molar-refractivity contribution >= 4 is 11.7 Å². The van der Waals surface area contributed by atoms with Crippen LogP contribution in [0.1, 0.15) is 15.9 Å². The highest BCUT2D eigenvalue weighted by Crippen LogP contribution is 2.17. The quantitative estimate of drug-likeness (QED) is 0.833. The Bertz CT molecular complexity index is 537. The molecule has 0 aliphatic carbocycles. The van der Waals surface area contributed by atoms with Crippen molar-refractivity contribution < 1.29 is 9.90 Å².